The van der Waals surface area contributed by atoms with Crippen LogP contribution in [0.1, 0.15) is 16.8 Å². The third kappa shape index (κ3) is 3.25. The molecule has 4 rings (SSSR count). The topological polar surface area (TPSA) is 79.5 Å². The molecule has 0 fully saturated rings. The summed E-state index contributed by atoms with van der Waals surface area (Å²) >= 11 is 0. The fraction of sp³-hybridized carbons (Fsp3) is 0.250. The molecule has 10 heteroatoms. The molecule has 158 valence electrons. The van der Waals surface area contributed by atoms with E-state index in [1.54, 1.807) is 12.1 Å². The number of aromatic amines is 1. The quantitative estimate of drug-likeness (QED) is 0.635. The van der Waals surface area contributed by atoms with Crippen molar-refractivity contribution in [1.29, 1.82) is 0 Å². The first-order valence-corrected chi connectivity index (χ1v) is 10.4. The Kier molecular flexibility index (Phi) is 4.86. The van der Waals surface area contributed by atoms with Gasteiger partial charge in [-0.15, -0.1) is 0 Å². The number of hydrogen-bond acceptors (Lipinski definition) is 4. The maximum Gasteiger partial charge on any atom is 0.417 e. The lowest BCUT2D eigenvalue weighted by Crippen LogP contribution is -2.49. The van der Waals surface area contributed by atoms with E-state index in [0.717, 1.165) is 40.0 Å². The number of carbonyl (C=O) groups excluding carboxylic acids is 1. The van der Waals surface area contributed by atoms with E-state index >= 15 is 0 Å². The van der Waals surface area contributed by atoms with Gasteiger partial charge in [0.05, 0.1) is 24.1 Å². The number of esters is 1. The molecule has 30 heavy (non-hydrogen) atoms. The second-order valence-electron chi connectivity index (χ2n) is 6.91. The van der Waals surface area contributed by atoms with Crippen LogP contribution in [0.25, 0.3) is 10.9 Å². The standard InChI is InChI=1S/C20H17F3N2O4S/c1-29-19(26)17-10-13-12-6-2-4-8-15(12)24-16(13)11-25(17)30(27,28)18-9-5-3-7-14(18)20(21,22)23/h2-9,17,24H,10-11H2,1H3. The van der Waals surface area contributed by atoms with Crippen LogP contribution in [-0.4, -0.2) is 36.8 Å². The van der Waals surface area contributed by atoms with E-state index < -0.39 is 38.7 Å². The third-order valence-electron chi connectivity index (χ3n) is 5.21. The van der Waals surface area contributed by atoms with Gasteiger partial charge in [-0.2, -0.15) is 17.5 Å². The Morgan fingerprint density at radius 3 is 2.50 bits per heavy atom. The first-order chi connectivity index (χ1) is 14.1. The average Bonchev–Trinajstić information content (AvgIpc) is 3.09. The zero-order chi connectivity index (χ0) is 21.7. The number of para-hydroxylation sites is 1. The van der Waals surface area contributed by atoms with Gasteiger partial charge in [-0.05, 0) is 23.8 Å². The molecule has 1 aliphatic heterocycles. The van der Waals surface area contributed by atoms with Crippen molar-refractivity contribution in [1.82, 2.24) is 9.29 Å². The summed E-state index contributed by atoms with van der Waals surface area (Å²) in [5.74, 6) is -0.834. The minimum atomic E-state index is -4.87. The summed E-state index contributed by atoms with van der Waals surface area (Å²) in [5, 5.41) is 0.828. The number of methoxy groups -OCH3 is 1. The van der Waals surface area contributed by atoms with Gasteiger partial charge in [-0.3, -0.25) is 4.79 Å². The predicted octanol–water partition coefficient (Wildman–Crippen LogP) is 3.48. The number of aromatic nitrogens is 1. The highest BCUT2D eigenvalue weighted by atomic mass is 32.2. The van der Waals surface area contributed by atoms with Gasteiger partial charge in [0.2, 0.25) is 10.0 Å². The van der Waals surface area contributed by atoms with Gasteiger partial charge in [0.1, 0.15) is 6.04 Å². The Morgan fingerprint density at radius 2 is 1.80 bits per heavy atom. The van der Waals surface area contributed by atoms with Crippen molar-refractivity contribution in [3.05, 3.63) is 65.4 Å². The third-order valence-corrected chi connectivity index (χ3v) is 7.13. The summed E-state index contributed by atoms with van der Waals surface area (Å²) in [5.41, 5.74) is 0.748. The molecule has 2 heterocycles. The van der Waals surface area contributed by atoms with Crippen molar-refractivity contribution in [2.24, 2.45) is 0 Å². The molecule has 1 N–H and O–H groups in total. The Bertz CT molecular complexity index is 1230. The maximum atomic E-state index is 13.5. The van der Waals surface area contributed by atoms with Gasteiger partial charge in [-0.25, -0.2) is 8.42 Å². The SMILES string of the molecule is COC(=O)C1Cc2c([nH]c3ccccc23)CN1S(=O)(=O)c1ccccc1C(F)(F)F. The Hall–Kier alpha value is -2.85. The lowest BCUT2D eigenvalue weighted by atomic mass is 9.98. The molecule has 0 bridgehead atoms. The number of ether oxygens (including phenoxy) is 1. The number of carbonyl (C=O) groups is 1. The molecule has 0 amide bonds. The van der Waals surface area contributed by atoms with Crippen LogP contribution in [-0.2, 0) is 38.7 Å². The Balaban J connectivity index is 1.87. The van der Waals surface area contributed by atoms with Gasteiger partial charge in [0.15, 0.2) is 0 Å². The van der Waals surface area contributed by atoms with Crippen LogP contribution >= 0.6 is 0 Å². The molecule has 0 saturated heterocycles. The van der Waals surface area contributed by atoms with Crippen LogP contribution in [0.15, 0.2) is 53.4 Å². The number of nitrogens with zero attached hydrogens (tertiary/aromatic N) is 1. The second kappa shape index (κ2) is 7.13. The minimum absolute atomic E-state index is 0.0144. The second-order valence-corrected chi connectivity index (χ2v) is 8.77. The van der Waals surface area contributed by atoms with Crippen molar-refractivity contribution < 1.29 is 31.1 Å². The van der Waals surface area contributed by atoms with E-state index in [2.05, 4.69) is 4.98 Å². The van der Waals surface area contributed by atoms with Crippen LogP contribution in [0.3, 0.4) is 0 Å². The number of halogens is 3. The van der Waals surface area contributed by atoms with Gasteiger partial charge in [-0.1, -0.05) is 30.3 Å². The molecule has 0 saturated carbocycles. The van der Waals surface area contributed by atoms with E-state index in [9.17, 15) is 26.4 Å². The highest BCUT2D eigenvalue weighted by molar-refractivity contribution is 7.89. The van der Waals surface area contributed by atoms with Crippen LogP contribution in [0, 0.1) is 0 Å². The van der Waals surface area contributed by atoms with Crippen molar-refractivity contribution >= 4 is 26.9 Å². The molecular weight excluding hydrogens is 421 g/mol. The van der Waals surface area contributed by atoms with Crippen molar-refractivity contribution in [3.8, 4) is 0 Å². The summed E-state index contributed by atoms with van der Waals surface area (Å²) < 4.78 is 72.6. The molecule has 3 aromatic rings. The zero-order valence-electron chi connectivity index (χ0n) is 15.7. The number of rotatable bonds is 3. The molecule has 1 aromatic heterocycles. The van der Waals surface area contributed by atoms with Gasteiger partial charge in [0, 0.05) is 23.0 Å². The lowest BCUT2D eigenvalue weighted by molar-refractivity contribution is -0.145. The largest absolute Gasteiger partial charge is 0.468 e. The molecule has 6 nitrogen and oxygen atoms in total. The van der Waals surface area contributed by atoms with Crippen molar-refractivity contribution in [2.45, 2.75) is 30.1 Å². The molecular formula is C20H17F3N2O4S. The number of sulfonamides is 1. The number of benzene rings is 2. The van der Waals surface area contributed by atoms with E-state index in [0.29, 0.717) is 11.8 Å². The highest BCUT2D eigenvalue weighted by Gasteiger charge is 2.45. The molecule has 2 aromatic carbocycles. The van der Waals surface area contributed by atoms with E-state index in [1.165, 1.54) is 6.07 Å². The summed E-state index contributed by atoms with van der Waals surface area (Å²) in [6, 6.07) is 9.90. The maximum absolute atomic E-state index is 13.5. The molecule has 1 atom stereocenters. The predicted molar refractivity (Wildman–Crippen MR) is 102 cm³/mol. The number of alkyl halides is 3. The van der Waals surface area contributed by atoms with Gasteiger partial charge in [0.25, 0.3) is 0 Å². The number of fused-ring (bicyclic) bond motifs is 3. The normalized spacial score (nSPS) is 17.7. The van der Waals surface area contributed by atoms with Crippen molar-refractivity contribution in [3.63, 3.8) is 0 Å². The Labute approximate surface area is 170 Å². The first-order valence-electron chi connectivity index (χ1n) is 8.99. The summed E-state index contributed by atoms with van der Waals surface area (Å²) in [7, 11) is -3.56. The van der Waals surface area contributed by atoms with E-state index in [4.69, 9.17) is 4.74 Å². The smallest absolute Gasteiger partial charge is 0.417 e. The van der Waals surface area contributed by atoms with E-state index in [-0.39, 0.29) is 13.0 Å². The molecule has 1 unspecified atom stereocenters. The van der Waals surface area contributed by atoms with Gasteiger partial charge >= 0.3 is 12.1 Å². The minimum Gasteiger partial charge on any atom is -0.468 e. The summed E-state index contributed by atoms with van der Waals surface area (Å²) in [6.07, 6.45) is -4.88. The fourth-order valence-corrected chi connectivity index (χ4v) is 5.59. The molecule has 0 radical (unpaired) electrons. The van der Waals surface area contributed by atoms with Crippen LogP contribution in [0.4, 0.5) is 13.2 Å². The fourth-order valence-electron chi connectivity index (χ4n) is 3.83. The Morgan fingerprint density at radius 1 is 1.13 bits per heavy atom. The molecule has 1 aliphatic rings. The zero-order valence-corrected chi connectivity index (χ0v) is 16.5. The van der Waals surface area contributed by atoms with Crippen LogP contribution in [0.2, 0.25) is 0 Å². The number of nitrogens with one attached hydrogen (secondary N) is 1. The number of H-pyrrole nitrogens is 1. The highest BCUT2D eigenvalue weighted by Crippen LogP contribution is 2.38. The van der Waals surface area contributed by atoms with Crippen LogP contribution < -0.4 is 0 Å². The number of hydrogen-bond donors (Lipinski definition) is 1. The molecule has 0 aliphatic carbocycles. The van der Waals surface area contributed by atoms with Gasteiger partial charge < -0.3 is 9.72 Å². The molecule has 0 spiro atoms. The monoisotopic (exact) mass is 438 g/mol. The van der Waals surface area contributed by atoms with E-state index in [1.807, 2.05) is 12.1 Å². The lowest BCUT2D eigenvalue weighted by Gasteiger charge is -2.33. The first kappa shape index (κ1) is 20.4. The van der Waals surface area contributed by atoms with Crippen molar-refractivity contribution in [2.75, 3.05) is 7.11 Å². The average molecular weight is 438 g/mol. The summed E-state index contributed by atoms with van der Waals surface area (Å²) in [6.45, 7) is -0.279. The summed E-state index contributed by atoms with van der Waals surface area (Å²) in [4.78, 5) is 14.7. The van der Waals surface area contributed by atoms with Crippen LogP contribution in [0.5, 0.6) is 0 Å².